The number of hydrogen-bond acceptors (Lipinski definition) is 6. The molecule has 1 aliphatic heterocycles. The molecule has 2 aromatic heterocycles. The molecular weight excluding hydrogens is 355 g/mol. The zero-order valence-corrected chi connectivity index (χ0v) is 14.4. The van der Waals surface area contributed by atoms with Crippen molar-refractivity contribution in [3.63, 3.8) is 0 Å². The number of aromatic nitrogens is 4. The Bertz CT molecular complexity index is 815. The summed E-state index contributed by atoms with van der Waals surface area (Å²) in [5.41, 5.74) is -1.65. The fourth-order valence-electron chi connectivity index (χ4n) is 2.53. The lowest BCUT2D eigenvalue weighted by Gasteiger charge is -2.34. The van der Waals surface area contributed by atoms with Crippen molar-refractivity contribution in [1.82, 2.24) is 24.5 Å². The fraction of sp³-hybridized carbons (Fsp3) is 0.600. The Morgan fingerprint density at radius 2 is 2.08 bits per heavy atom. The van der Waals surface area contributed by atoms with Crippen LogP contribution in [0.15, 0.2) is 12.4 Å². The summed E-state index contributed by atoms with van der Waals surface area (Å²) in [5, 5.41) is 3.91. The number of nitrogens with zero attached hydrogens (tertiary/aromatic N) is 5. The molecule has 0 aromatic carbocycles. The number of alkyl halides is 3. The minimum Gasteiger partial charge on any atom is -0.444 e. The van der Waals surface area contributed by atoms with Crippen molar-refractivity contribution in [1.29, 1.82) is 0 Å². The van der Waals surface area contributed by atoms with Gasteiger partial charge >= 0.3 is 12.3 Å². The first-order valence-corrected chi connectivity index (χ1v) is 7.92. The summed E-state index contributed by atoms with van der Waals surface area (Å²) in [6.45, 7) is 5.68. The highest BCUT2D eigenvalue weighted by Crippen LogP contribution is 2.31. The summed E-state index contributed by atoms with van der Waals surface area (Å²) in [5.74, 6) is -0.187. The highest BCUT2D eigenvalue weighted by Gasteiger charge is 2.36. The van der Waals surface area contributed by atoms with Crippen LogP contribution in [-0.4, -0.2) is 55.9 Å². The zero-order valence-electron chi connectivity index (χ0n) is 14.4. The summed E-state index contributed by atoms with van der Waals surface area (Å²) in [6.07, 6.45) is -4.89. The largest absolute Gasteiger partial charge is 0.444 e. The molecule has 2 aromatic rings. The average Bonchev–Trinajstić information content (AvgIpc) is 3.00. The van der Waals surface area contributed by atoms with Crippen LogP contribution in [0.3, 0.4) is 0 Å². The standard InChI is InChI=1S/C15H18F3N5O3/c1-14(2,3)26-13(24)22-4-5-25-10(7-22)9-6-11(15(16,17)18)21-12-19-8-20-23(9)12/h6,8,10H,4-5,7H2,1-3H3. The molecular formula is C15H18F3N5O3. The molecule has 1 atom stereocenters. The minimum absolute atomic E-state index is 0.0329. The Labute approximate surface area is 146 Å². The molecule has 1 unspecified atom stereocenters. The van der Waals surface area contributed by atoms with E-state index in [1.165, 1.54) is 9.42 Å². The summed E-state index contributed by atoms with van der Waals surface area (Å²) in [7, 11) is 0. The van der Waals surface area contributed by atoms with Gasteiger partial charge in [-0.2, -0.15) is 27.8 Å². The maximum absolute atomic E-state index is 13.1. The zero-order chi connectivity index (χ0) is 19.1. The normalized spacial score (nSPS) is 19.0. The van der Waals surface area contributed by atoms with Gasteiger partial charge in [-0.25, -0.2) is 9.78 Å². The molecule has 1 fully saturated rings. The number of carbonyl (C=O) groups is 1. The van der Waals surface area contributed by atoms with Gasteiger partial charge in [-0.3, -0.25) is 0 Å². The van der Waals surface area contributed by atoms with Gasteiger partial charge in [0.1, 0.15) is 23.7 Å². The average molecular weight is 373 g/mol. The topological polar surface area (TPSA) is 81.8 Å². The van der Waals surface area contributed by atoms with Gasteiger partial charge in [0, 0.05) is 6.54 Å². The number of halogens is 3. The number of fused-ring (bicyclic) bond motifs is 1. The van der Waals surface area contributed by atoms with E-state index in [-0.39, 0.29) is 31.2 Å². The van der Waals surface area contributed by atoms with E-state index >= 15 is 0 Å². The Kier molecular flexibility index (Phi) is 4.51. The van der Waals surface area contributed by atoms with E-state index in [1.807, 2.05) is 0 Å². The van der Waals surface area contributed by atoms with Gasteiger partial charge in [0.25, 0.3) is 5.78 Å². The van der Waals surface area contributed by atoms with Crippen molar-refractivity contribution < 1.29 is 27.4 Å². The van der Waals surface area contributed by atoms with Gasteiger partial charge in [-0.05, 0) is 26.8 Å². The SMILES string of the molecule is CC(C)(C)OC(=O)N1CCOC(c2cc(C(F)(F)F)nc3ncnn23)C1. The second-order valence-electron chi connectivity index (χ2n) is 6.82. The monoisotopic (exact) mass is 373 g/mol. The number of amides is 1. The van der Waals surface area contributed by atoms with Crippen molar-refractivity contribution in [3.05, 3.63) is 23.8 Å². The number of hydrogen-bond donors (Lipinski definition) is 0. The Morgan fingerprint density at radius 1 is 1.35 bits per heavy atom. The van der Waals surface area contributed by atoms with E-state index in [1.54, 1.807) is 20.8 Å². The van der Waals surface area contributed by atoms with Crippen molar-refractivity contribution >= 4 is 11.9 Å². The molecule has 1 aliphatic rings. The molecule has 0 radical (unpaired) electrons. The first-order chi connectivity index (χ1) is 12.0. The van der Waals surface area contributed by atoms with Gasteiger partial charge in [0.05, 0.1) is 18.8 Å². The third-order valence-electron chi connectivity index (χ3n) is 3.62. The Balaban J connectivity index is 1.91. The summed E-state index contributed by atoms with van der Waals surface area (Å²) in [6, 6.07) is 0.866. The molecule has 0 bridgehead atoms. The van der Waals surface area contributed by atoms with Crippen LogP contribution >= 0.6 is 0 Å². The van der Waals surface area contributed by atoms with Gasteiger partial charge in [-0.15, -0.1) is 0 Å². The Morgan fingerprint density at radius 3 is 2.73 bits per heavy atom. The number of carbonyl (C=O) groups excluding carboxylic acids is 1. The third-order valence-corrected chi connectivity index (χ3v) is 3.62. The second-order valence-corrected chi connectivity index (χ2v) is 6.82. The van der Waals surface area contributed by atoms with Crippen LogP contribution in [-0.2, 0) is 15.7 Å². The van der Waals surface area contributed by atoms with Crippen molar-refractivity contribution in [2.45, 2.75) is 38.7 Å². The lowest BCUT2D eigenvalue weighted by molar-refractivity contribution is -0.141. The number of rotatable bonds is 1. The molecule has 0 spiro atoms. The lowest BCUT2D eigenvalue weighted by Crippen LogP contribution is -2.45. The van der Waals surface area contributed by atoms with Gasteiger partial charge in [-0.1, -0.05) is 0 Å². The third kappa shape index (κ3) is 3.87. The highest BCUT2D eigenvalue weighted by molar-refractivity contribution is 5.68. The van der Waals surface area contributed by atoms with E-state index in [2.05, 4.69) is 15.1 Å². The number of ether oxygens (including phenoxy) is 2. The van der Waals surface area contributed by atoms with Gasteiger partial charge in [0.15, 0.2) is 0 Å². The maximum Gasteiger partial charge on any atom is 0.433 e. The highest BCUT2D eigenvalue weighted by atomic mass is 19.4. The van der Waals surface area contributed by atoms with E-state index in [9.17, 15) is 18.0 Å². The van der Waals surface area contributed by atoms with E-state index < -0.39 is 29.7 Å². The first-order valence-electron chi connectivity index (χ1n) is 7.92. The molecule has 26 heavy (non-hydrogen) atoms. The minimum atomic E-state index is -4.64. The van der Waals surface area contributed by atoms with Crippen molar-refractivity contribution in [2.75, 3.05) is 19.7 Å². The molecule has 0 aliphatic carbocycles. The first kappa shape index (κ1) is 18.4. The molecule has 1 saturated heterocycles. The quantitative estimate of drug-likeness (QED) is 0.764. The van der Waals surface area contributed by atoms with Crippen LogP contribution in [0, 0.1) is 0 Å². The van der Waals surface area contributed by atoms with Crippen molar-refractivity contribution in [3.8, 4) is 0 Å². The molecule has 1 amide bonds. The van der Waals surface area contributed by atoms with Crippen LogP contribution < -0.4 is 0 Å². The predicted molar refractivity (Wildman–Crippen MR) is 82.3 cm³/mol. The molecule has 3 heterocycles. The van der Waals surface area contributed by atoms with Crippen molar-refractivity contribution in [2.24, 2.45) is 0 Å². The maximum atomic E-state index is 13.1. The second kappa shape index (κ2) is 6.38. The van der Waals surface area contributed by atoms with Gasteiger partial charge in [0.2, 0.25) is 0 Å². The van der Waals surface area contributed by atoms with E-state index in [0.29, 0.717) is 0 Å². The van der Waals surface area contributed by atoms with Crippen LogP contribution in [0.2, 0.25) is 0 Å². The lowest BCUT2D eigenvalue weighted by atomic mass is 10.1. The smallest absolute Gasteiger partial charge is 0.433 e. The fourth-order valence-corrected chi connectivity index (χ4v) is 2.53. The predicted octanol–water partition coefficient (Wildman–Crippen LogP) is 2.45. The molecule has 0 saturated carbocycles. The summed E-state index contributed by atoms with van der Waals surface area (Å²) < 4.78 is 51.4. The molecule has 8 nitrogen and oxygen atoms in total. The van der Waals surface area contributed by atoms with E-state index in [0.717, 1.165) is 12.4 Å². The van der Waals surface area contributed by atoms with Crippen LogP contribution in [0.25, 0.3) is 5.78 Å². The van der Waals surface area contributed by atoms with Gasteiger partial charge < -0.3 is 14.4 Å². The Hall–Kier alpha value is -2.43. The van der Waals surface area contributed by atoms with E-state index in [4.69, 9.17) is 9.47 Å². The molecule has 142 valence electrons. The molecule has 3 rings (SSSR count). The molecule has 11 heteroatoms. The number of morpholine rings is 1. The van der Waals surface area contributed by atoms with Crippen LogP contribution in [0.1, 0.15) is 38.3 Å². The molecule has 0 N–H and O–H groups in total. The van der Waals surface area contributed by atoms with Crippen LogP contribution in [0.4, 0.5) is 18.0 Å². The summed E-state index contributed by atoms with van der Waals surface area (Å²) in [4.78, 5) is 20.8. The van der Waals surface area contributed by atoms with Crippen LogP contribution in [0.5, 0.6) is 0 Å². The summed E-state index contributed by atoms with van der Waals surface area (Å²) >= 11 is 0.